The number of nitrogens with zero attached hydrogens (tertiary/aromatic N) is 1. The van der Waals surface area contributed by atoms with Crippen LogP contribution in [0.25, 0.3) is 0 Å². The largest absolute Gasteiger partial charge is 0.493 e. The van der Waals surface area contributed by atoms with Gasteiger partial charge in [-0.05, 0) is 42.3 Å². The van der Waals surface area contributed by atoms with Crippen molar-refractivity contribution in [2.75, 3.05) is 6.61 Å². The molecule has 2 rings (SSSR count). The van der Waals surface area contributed by atoms with Crippen molar-refractivity contribution in [2.24, 2.45) is 0 Å². The van der Waals surface area contributed by atoms with E-state index in [-0.39, 0.29) is 0 Å². The summed E-state index contributed by atoms with van der Waals surface area (Å²) < 4.78 is 42.6. The molecule has 0 bridgehead atoms. The quantitative estimate of drug-likeness (QED) is 0.821. The number of hydrogen-bond acceptors (Lipinski definition) is 2. The van der Waals surface area contributed by atoms with E-state index in [9.17, 15) is 13.2 Å². The average Bonchev–Trinajstić information content (AvgIpc) is 2.47. The van der Waals surface area contributed by atoms with Gasteiger partial charge in [-0.2, -0.15) is 13.2 Å². The summed E-state index contributed by atoms with van der Waals surface area (Å²) in [6.45, 7) is 2.44. The maximum absolute atomic E-state index is 12.4. The van der Waals surface area contributed by atoms with E-state index in [2.05, 4.69) is 11.9 Å². The van der Waals surface area contributed by atoms with Gasteiger partial charge in [0.15, 0.2) is 0 Å². The lowest BCUT2D eigenvalue weighted by molar-refractivity contribution is -0.137. The Morgan fingerprint density at radius 3 is 2.29 bits per heavy atom. The first-order valence-corrected chi connectivity index (χ1v) is 6.73. The molecule has 0 saturated carbocycles. The lowest BCUT2D eigenvalue weighted by atomic mass is 10.2. The molecule has 0 fully saturated rings. The van der Waals surface area contributed by atoms with Crippen LogP contribution in [0.5, 0.6) is 5.75 Å². The number of halogens is 3. The van der Waals surface area contributed by atoms with Gasteiger partial charge in [-0.3, -0.25) is 4.98 Å². The van der Waals surface area contributed by atoms with Gasteiger partial charge in [0.25, 0.3) is 0 Å². The Morgan fingerprint density at radius 1 is 1.05 bits per heavy atom. The van der Waals surface area contributed by atoms with E-state index in [0.717, 1.165) is 24.2 Å². The predicted octanol–water partition coefficient (Wildman–Crippen LogP) is 4.28. The first-order chi connectivity index (χ1) is 9.99. The Labute approximate surface area is 121 Å². The summed E-state index contributed by atoms with van der Waals surface area (Å²) in [5, 5.41) is 0. The van der Waals surface area contributed by atoms with E-state index in [1.54, 1.807) is 0 Å². The monoisotopic (exact) mass is 295 g/mol. The van der Waals surface area contributed by atoms with Crippen molar-refractivity contribution in [3.8, 4) is 5.75 Å². The molecule has 1 heterocycles. The summed E-state index contributed by atoms with van der Waals surface area (Å²) in [5.74, 6) is 0.424. The first-order valence-electron chi connectivity index (χ1n) is 6.73. The molecule has 1 aromatic carbocycles. The van der Waals surface area contributed by atoms with Gasteiger partial charge >= 0.3 is 6.18 Å². The molecule has 0 N–H and O–H groups in total. The fourth-order valence-corrected chi connectivity index (χ4v) is 1.83. The average molecular weight is 295 g/mol. The van der Waals surface area contributed by atoms with Crippen molar-refractivity contribution >= 4 is 0 Å². The third kappa shape index (κ3) is 4.48. The second-order valence-corrected chi connectivity index (χ2v) is 4.63. The molecular formula is C16H16F3NO. The molecule has 1 aromatic heterocycles. The van der Waals surface area contributed by atoms with Crippen molar-refractivity contribution in [1.29, 1.82) is 0 Å². The van der Waals surface area contributed by atoms with Crippen LogP contribution >= 0.6 is 0 Å². The highest BCUT2D eigenvalue weighted by Gasteiger charge is 2.29. The topological polar surface area (TPSA) is 22.1 Å². The molecule has 0 atom stereocenters. The summed E-state index contributed by atoms with van der Waals surface area (Å²) in [4.78, 5) is 4.30. The molecule has 112 valence electrons. The molecule has 0 aliphatic carbocycles. The van der Waals surface area contributed by atoms with Crippen LogP contribution in [-0.2, 0) is 19.0 Å². The summed E-state index contributed by atoms with van der Waals surface area (Å²) >= 11 is 0. The molecule has 0 aliphatic heterocycles. The van der Waals surface area contributed by atoms with Gasteiger partial charge in [-0.15, -0.1) is 0 Å². The smallest absolute Gasteiger partial charge is 0.416 e. The van der Waals surface area contributed by atoms with E-state index in [0.29, 0.717) is 18.8 Å². The van der Waals surface area contributed by atoms with Gasteiger partial charge < -0.3 is 4.74 Å². The van der Waals surface area contributed by atoms with Gasteiger partial charge in [0, 0.05) is 18.3 Å². The van der Waals surface area contributed by atoms with Crippen molar-refractivity contribution in [2.45, 2.75) is 25.9 Å². The molecule has 0 unspecified atom stereocenters. The van der Waals surface area contributed by atoms with Crippen LogP contribution in [0.4, 0.5) is 13.2 Å². The molecule has 0 saturated heterocycles. The highest BCUT2D eigenvalue weighted by molar-refractivity contribution is 5.28. The maximum Gasteiger partial charge on any atom is 0.416 e. The Hall–Kier alpha value is -2.04. The van der Waals surface area contributed by atoms with Crippen molar-refractivity contribution in [1.82, 2.24) is 4.98 Å². The van der Waals surface area contributed by atoms with Gasteiger partial charge in [0.05, 0.1) is 12.2 Å². The van der Waals surface area contributed by atoms with Crippen molar-refractivity contribution in [3.05, 3.63) is 59.4 Å². The number of benzene rings is 1. The number of pyridine rings is 1. The summed E-state index contributed by atoms with van der Waals surface area (Å²) in [6, 6.07) is 8.65. The Kier molecular flexibility index (Phi) is 4.83. The van der Waals surface area contributed by atoms with Crippen LogP contribution in [-0.4, -0.2) is 11.6 Å². The third-order valence-corrected chi connectivity index (χ3v) is 3.10. The fraction of sp³-hybridized carbons (Fsp3) is 0.312. The highest BCUT2D eigenvalue weighted by atomic mass is 19.4. The third-order valence-electron chi connectivity index (χ3n) is 3.10. The number of aryl methyl sites for hydroxylation is 1. The first kappa shape index (κ1) is 15.4. The number of rotatable bonds is 5. The molecule has 2 aromatic rings. The van der Waals surface area contributed by atoms with Gasteiger partial charge in [-0.1, -0.05) is 13.0 Å². The molecule has 21 heavy (non-hydrogen) atoms. The van der Waals surface area contributed by atoms with Crippen LogP contribution in [0.2, 0.25) is 0 Å². The summed E-state index contributed by atoms with van der Waals surface area (Å²) in [6.07, 6.45) is -0.933. The fourth-order valence-electron chi connectivity index (χ4n) is 1.83. The molecule has 0 amide bonds. The minimum absolute atomic E-state index is 0.379. The van der Waals surface area contributed by atoms with Crippen LogP contribution in [0.3, 0.4) is 0 Å². The minimum Gasteiger partial charge on any atom is -0.493 e. The summed E-state index contributed by atoms with van der Waals surface area (Å²) in [5.41, 5.74) is 1.40. The molecule has 0 aliphatic rings. The summed E-state index contributed by atoms with van der Waals surface area (Å²) in [7, 11) is 0. The van der Waals surface area contributed by atoms with Gasteiger partial charge in [-0.25, -0.2) is 0 Å². The Balaban J connectivity index is 1.85. The number of aromatic nitrogens is 1. The standard InChI is InChI=1S/C16H16F3NO/c1-2-12-3-6-14(20-11-12)9-10-21-15-7-4-13(5-8-15)16(17,18)19/h3-8,11H,2,9-10H2,1H3. The van der Waals surface area contributed by atoms with Crippen LogP contribution in [0, 0.1) is 0 Å². The second-order valence-electron chi connectivity index (χ2n) is 4.63. The zero-order valence-corrected chi connectivity index (χ0v) is 11.7. The SMILES string of the molecule is CCc1ccc(CCOc2ccc(C(F)(F)F)cc2)nc1. The molecule has 0 spiro atoms. The van der Waals surface area contributed by atoms with Crippen molar-refractivity contribution in [3.63, 3.8) is 0 Å². The van der Waals surface area contributed by atoms with Crippen molar-refractivity contribution < 1.29 is 17.9 Å². The predicted molar refractivity (Wildman–Crippen MR) is 74.3 cm³/mol. The normalized spacial score (nSPS) is 11.4. The van der Waals surface area contributed by atoms with E-state index in [1.807, 2.05) is 18.3 Å². The lowest BCUT2D eigenvalue weighted by Crippen LogP contribution is -2.06. The van der Waals surface area contributed by atoms with Crippen LogP contribution < -0.4 is 4.74 Å². The molecule has 0 radical (unpaired) electrons. The Bertz CT molecular complexity index is 562. The van der Waals surface area contributed by atoms with E-state index < -0.39 is 11.7 Å². The van der Waals surface area contributed by atoms with Crippen LogP contribution in [0.15, 0.2) is 42.6 Å². The van der Waals surface area contributed by atoms with E-state index in [1.165, 1.54) is 17.7 Å². The zero-order valence-electron chi connectivity index (χ0n) is 11.7. The molecule has 5 heteroatoms. The van der Waals surface area contributed by atoms with E-state index >= 15 is 0 Å². The number of alkyl halides is 3. The molecular weight excluding hydrogens is 279 g/mol. The van der Waals surface area contributed by atoms with Gasteiger partial charge in [0.1, 0.15) is 5.75 Å². The maximum atomic E-state index is 12.4. The second kappa shape index (κ2) is 6.61. The zero-order chi connectivity index (χ0) is 15.3. The minimum atomic E-state index is -4.32. The molecule has 2 nitrogen and oxygen atoms in total. The van der Waals surface area contributed by atoms with E-state index in [4.69, 9.17) is 4.74 Å². The number of hydrogen-bond donors (Lipinski definition) is 0. The van der Waals surface area contributed by atoms with Crippen LogP contribution in [0.1, 0.15) is 23.7 Å². The van der Waals surface area contributed by atoms with Gasteiger partial charge in [0.2, 0.25) is 0 Å². The lowest BCUT2D eigenvalue weighted by Gasteiger charge is -2.09. The number of ether oxygens (including phenoxy) is 1. The Morgan fingerprint density at radius 2 is 1.76 bits per heavy atom. The highest BCUT2D eigenvalue weighted by Crippen LogP contribution is 2.30.